The van der Waals surface area contributed by atoms with Gasteiger partial charge in [0.05, 0.1) is 11.4 Å². The molecule has 0 bridgehead atoms. The molecule has 1 aromatic heterocycles. The van der Waals surface area contributed by atoms with Crippen molar-refractivity contribution in [2.75, 3.05) is 11.9 Å². The highest BCUT2D eigenvalue weighted by Crippen LogP contribution is 2.42. The Labute approximate surface area is 171 Å². The number of hydrogen-bond acceptors (Lipinski definition) is 4. The lowest BCUT2D eigenvalue weighted by molar-refractivity contribution is -0.120. The molecule has 0 aliphatic carbocycles. The number of anilines is 1. The third kappa shape index (κ3) is 3.62. The minimum Gasteiger partial charge on any atom is -0.484 e. The van der Waals surface area contributed by atoms with Crippen LogP contribution in [0.1, 0.15) is 34.0 Å². The van der Waals surface area contributed by atoms with Crippen molar-refractivity contribution < 1.29 is 24.2 Å². The van der Waals surface area contributed by atoms with Crippen LogP contribution < -0.4 is 15.8 Å². The van der Waals surface area contributed by atoms with Crippen molar-refractivity contribution in [1.29, 1.82) is 0 Å². The smallest absolute Gasteiger partial charge is 0.339 e. The van der Waals surface area contributed by atoms with Crippen LogP contribution in [0.2, 0.25) is 0 Å². The van der Waals surface area contributed by atoms with Gasteiger partial charge in [-0.15, -0.1) is 0 Å². The Kier molecular flexibility index (Phi) is 4.97. The van der Waals surface area contributed by atoms with Crippen LogP contribution in [0.25, 0.3) is 5.69 Å². The van der Waals surface area contributed by atoms with E-state index in [1.54, 1.807) is 22.8 Å². The highest BCUT2D eigenvalue weighted by molar-refractivity contribution is 6.04. The van der Waals surface area contributed by atoms with E-state index in [0.29, 0.717) is 11.4 Å². The summed E-state index contributed by atoms with van der Waals surface area (Å²) in [6.07, 6.45) is 1.66. The van der Waals surface area contributed by atoms with Crippen molar-refractivity contribution in [3.05, 3.63) is 77.6 Å². The van der Waals surface area contributed by atoms with Gasteiger partial charge in [0, 0.05) is 24.2 Å². The summed E-state index contributed by atoms with van der Waals surface area (Å²) in [6.45, 7) is -0.261. The Morgan fingerprint density at radius 2 is 1.93 bits per heavy atom. The summed E-state index contributed by atoms with van der Waals surface area (Å²) < 4.78 is 7.19. The van der Waals surface area contributed by atoms with E-state index in [2.05, 4.69) is 5.32 Å². The molecule has 2 aromatic carbocycles. The quantitative estimate of drug-likeness (QED) is 0.581. The Balaban J connectivity index is 1.85. The first-order chi connectivity index (χ1) is 14.4. The van der Waals surface area contributed by atoms with Crippen LogP contribution in [0.4, 0.5) is 5.69 Å². The number of aromatic carboxylic acids is 1. The fraction of sp³-hybridized carbons (Fsp3) is 0.136. The van der Waals surface area contributed by atoms with Gasteiger partial charge in [0.2, 0.25) is 5.91 Å². The van der Waals surface area contributed by atoms with Gasteiger partial charge in [-0.2, -0.15) is 0 Å². The molecule has 0 radical (unpaired) electrons. The maximum Gasteiger partial charge on any atom is 0.339 e. The lowest BCUT2D eigenvalue weighted by atomic mass is 9.88. The minimum absolute atomic E-state index is 0.0213. The Morgan fingerprint density at radius 1 is 1.17 bits per heavy atom. The maximum atomic E-state index is 12.4. The van der Waals surface area contributed by atoms with Gasteiger partial charge in [-0.05, 0) is 29.8 Å². The average molecular weight is 405 g/mol. The second-order valence-electron chi connectivity index (χ2n) is 6.95. The Morgan fingerprint density at radius 3 is 2.63 bits per heavy atom. The highest BCUT2D eigenvalue weighted by atomic mass is 16.5. The number of primary amides is 1. The summed E-state index contributed by atoms with van der Waals surface area (Å²) in [5.74, 6) is -1.96. The number of ether oxygens (including phenoxy) is 1. The number of hydrogen-bond donors (Lipinski definition) is 3. The lowest BCUT2D eigenvalue weighted by Gasteiger charge is -2.26. The number of para-hydroxylation sites is 1. The molecule has 30 heavy (non-hydrogen) atoms. The molecule has 0 spiro atoms. The maximum absolute atomic E-state index is 12.4. The van der Waals surface area contributed by atoms with Crippen LogP contribution >= 0.6 is 0 Å². The number of carboxylic acid groups (broad SMARTS) is 1. The number of fused-ring (bicyclic) bond motifs is 1. The number of carbonyl (C=O) groups excluding carboxylic acids is 2. The summed E-state index contributed by atoms with van der Waals surface area (Å²) in [7, 11) is 0. The molecule has 3 aromatic rings. The second-order valence-corrected chi connectivity index (χ2v) is 6.95. The van der Waals surface area contributed by atoms with Crippen molar-refractivity contribution in [3.8, 4) is 11.4 Å². The zero-order chi connectivity index (χ0) is 21.3. The molecule has 1 aliphatic rings. The largest absolute Gasteiger partial charge is 0.484 e. The summed E-state index contributed by atoms with van der Waals surface area (Å²) in [6, 6.07) is 16.3. The van der Waals surface area contributed by atoms with Gasteiger partial charge in [0.1, 0.15) is 11.3 Å². The molecule has 152 valence electrons. The van der Waals surface area contributed by atoms with E-state index in [1.165, 1.54) is 6.20 Å². The fourth-order valence-corrected chi connectivity index (χ4v) is 3.68. The number of amides is 2. The first-order valence-electron chi connectivity index (χ1n) is 9.29. The molecular weight excluding hydrogens is 386 g/mol. The van der Waals surface area contributed by atoms with E-state index in [9.17, 15) is 19.5 Å². The minimum atomic E-state index is -1.12. The van der Waals surface area contributed by atoms with Crippen LogP contribution in [0.3, 0.4) is 0 Å². The van der Waals surface area contributed by atoms with Crippen molar-refractivity contribution in [2.24, 2.45) is 5.73 Å². The molecule has 8 nitrogen and oxygen atoms in total. The van der Waals surface area contributed by atoms with Crippen molar-refractivity contribution in [2.45, 2.75) is 12.3 Å². The summed E-state index contributed by atoms with van der Waals surface area (Å²) in [5, 5.41) is 12.4. The van der Waals surface area contributed by atoms with Gasteiger partial charge in [0.15, 0.2) is 6.61 Å². The monoisotopic (exact) mass is 405 g/mol. The van der Waals surface area contributed by atoms with Crippen molar-refractivity contribution in [3.63, 3.8) is 0 Å². The van der Waals surface area contributed by atoms with E-state index in [1.807, 2.05) is 36.4 Å². The number of nitrogens with zero attached hydrogens (tertiary/aromatic N) is 1. The highest BCUT2D eigenvalue weighted by Gasteiger charge is 2.34. The number of nitrogens with two attached hydrogens (primary N) is 1. The van der Waals surface area contributed by atoms with Crippen LogP contribution in [0.15, 0.2) is 60.8 Å². The zero-order valence-electron chi connectivity index (χ0n) is 15.9. The molecule has 0 saturated carbocycles. The Hall–Kier alpha value is -4.07. The number of nitrogens with one attached hydrogen (secondary N) is 1. The fourth-order valence-electron chi connectivity index (χ4n) is 3.68. The first-order valence-corrected chi connectivity index (χ1v) is 9.29. The van der Waals surface area contributed by atoms with Crippen LogP contribution in [-0.4, -0.2) is 34.1 Å². The average Bonchev–Trinajstić information content (AvgIpc) is 3.12. The Bertz CT molecular complexity index is 1140. The number of carboxylic acids is 1. The van der Waals surface area contributed by atoms with Gasteiger partial charge < -0.3 is 25.5 Å². The van der Waals surface area contributed by atoms with Gasteiger partial charge in [-0.1, -0.05) is 30.3 Å². The van der Waals surface area contributed by atoms with E-state index >= 15 is 0 Å². The number of carbonyl (C=O) groups is 3. The predicted molar refractivity (Wildman–Crippen MR) is 109 cm³/mol. The third-order valence-corrected chi connectivity index (χ3v) is 4.93. The van der Waals surface area contributed by atoms with Gasteiger partial charge in [0.25, 0.3) is 5.91 Å². The molecule has 2 heterocycles. The molecule has 1 atom stereocenters. The molecule has 0 saturated heterocycles. The zero-order valence-corrected chi connectivity index (χ0v) is 15.9. The lowest BCUT2D eigenvalue weighted by Crippen LogP contribution is -2.25. The molecule has 0 unspecified atom stereocenters. The number of rotatable bonds is 6. The van der Waals surface area contributed by atoms with Gasteiger partial charge in [-0.3, -0.25) is 9.59 Å². The van der Waals surface area contributed by atoms with E-state index < -0.39 is 17.8 Å². The predicted octanol–water partition coefficient (Wildman–Crippen LogP) is 2.51. The third-order valence-electron chi connectivity index (χ3n) is 4.93. The van der Waals surface area contributed by atoms with Crippen molar-refractivity contribution >= 4 is 23.5 Å². The number of aromatic nitrogens is 1. The van der Waals surface area contributed by atoms with E-state index in [4.69, 9.17) is 10.5 Å². The first kappa shape index (κ1) is 19.3. The summed E-state index contributed by atoms with van der Waals surface area (Å²) >= 11 is 0. The topological polar surface area (TPSA) is 124 Å². The van der Waals surface area contributed by atoms with Crippen LogP contribution in [-0.2, 0) is 9.59 Å². The van der Waals surface area contributed by atoms with Gasteiger partial charge >= 0.3 is 5.97 Å². The molecule has 4 rings (SSSR count). The molecule has 1 aliphatic heterocycles. The molecule has 8 heteroatoms. The summed E-state index contributed by atoms with van der Waals surface area (Å²) in [4.78, 5) is 35.3. The normalized spacial score (nSPS) is 15.2. The van der Waals surface area contributed by atoms with E-state index in [-0.39, 0.29) is 30.2 Å². The molecule has 0 fully saturated rings. The number of benzene rings is 2. The van der Waals surface area contributed by atoms with E-state index in [0.717, 1.165) is 11.3 Å². The summed E-state index contributed by atoms with van der Waals surface area (Å²) in [5.41, 5.74) is 7.67. The molecule has 2 amide bonds. The van der Waals surface area contributed by atoms with Gasteiger partial charge in [-0.25, -0.2) is 4.79 Å². The second kappa shape index (κ2) is 7.75. The SMILES string of the molecule is NC(=O)COc1cccc([C@H]2CC(=O)Nc3c(C(=O)O)cn(-c4ccccc4)c32)c1. The van der Waals surface area contributed by atoms with Crippen LogP contribution in [0, 0.1) is 0 Å². The van der Waals surface area contributed by atoms with Crippen molar-refractivity contribution in [1.82, 2.24) is 4.57 Å². The van der Waals surface area contributed by atoms with Crippen LogP contribution in [0.5, 0.6) is 5.75 Å². The molecular formula is C22H19N3O5. The standard InChI is InChI=1S/C22H19N3O5/c23-18(26)12-30-15-8-4-5-13(9-15)16-10-19(27)24-20-17(22(28)29)11-25(21(16)20)14-6-2-1-3-7-14/h1-9,11,16H,10,12H2,(H2,23,26)(H,24,27)(H,28,29)/t16-/m1/s1. The molecule has 4 N–H and O–H groups in total.